The van der Waals surface area contributed by atoms with Crippen molar-refractivity contribution < 1.29 is 13.9 Å². The van der Waals surface area contributed by atoms with Crippen LogP contribution in [0.4, 0.5) is 10.1 Å². The molecule has 1 amide bonds. The smallest absolute Gasteiger partial charge is 0.253 e. The normalized spacial score (nSPS) is 23.3. The average Bonchev–Trinajstić information content (AvgIpc) is 2.45. The first-order valence-corrected chi connectivity index (χ1v) is 7.27. The minimum Gasteiger partial charge on any atom is -0.382 e. The third-order valence-corrected chi connectivity index (χ3v) is 4.38. The van der Waals surface area contributed by atoms with Crippen molar-refractivity contribution in [1.29, 1.82) is 0 Å². The summed E-state index contributed by atoms with van der Waals surface area (Å²) in [7, 11) is 1.68. The first kappa shape index (κ1) is 15.8. The number of hydrogen-bond donors (Lipinski definition) is 2. The summed E-state index contributed by atoms with van der Waals surface area (Å²) in [6, 6.07) is 4.57. The van der Waals surface area contributed by atoms with Crippen LogP contribution in [0.3, 0.4) is 0 Å². The molecule has 1 aliphatic carbocycles. The van der Waals surface area contributed by atoms with E-state index in [1.165, 1.54) is 6.07 Å². The van der Waals surface area contributed by atoms with E-state index in [-0.39, 0.29) is 29.2 Å². The molecule has 21 heavy (non-hydrogen) atoms. The standard InChI is InChI=1S/C16H23FN2O2/c1-5-18-14-10(7-6-8-11(14)17)15(20)19-12-9-13(21-4)16(12,2)3/h6-8,12-13,18H,5,9H2,1-4H3,(H,19,20). The zero-order valence-corrected chi connectivity index (χ0v) is 13.0. The van der Waals surface area contributed by atoms with Crippen LogP contribution in [0.2, 0.25) is 0 Å². The molecule has 0 bridgehead atoms. The molecular formula is C16H23FN2O2. The van der Waals surface area contributed by atoms with Gasteiger partial charge in [0.05, 0.1) is 17.4 Å². The Balaban J connectivity index is 2.13. The van der Waals surface area contributed by atoms with Gasteiger partial charge in [-0.25, -0.2) is 4.39 Å². The average molecular weight is 294 g/mol. The summed E-state index contributed by atoms with van der Waals surface area (Å²) in [4.78, 5) is 12.4. The molecule has 2 N–H and O–H groups in total. The summed E-state index contributed by atoms with van der Waals surface area (Å²) in [6.45, 7) is 6.55. The lowest BCUT2D eigenvalue weighted by molar-refractivity contribution is -0.0942. The number of anilines is 1. The summed E-state index contributed by atoms with van der Waals surface area (Å²) >= 11 is 0. The van der Waals surface area contributed by atoms with E-state index in [9.17, 15) is 9.18 Å². The Morgan fingerprint density at radius 1 is 1.48 bits per heavy atom. The number of rotatable bonds is 5. The minimum absolute atomic E-state index is 0.0349. The molecule has 0 aromatic heterocycles. The second kappa shape index (κ2) is 6.02. The van der Waals surface area contributed by atoms with Crippen molar-refractivity contribution in [3.63, 3.8) is 0 Å². The van der Waals surface area contributed by atoms with E-state index in [4.69, 9.17) is 4.74 Å². The van der Waals surface area contributed by atoms with Crippen molar-refractivity contribution in [3.8, 4) is 0 Å². The number of amides is 1. The van der Waals surface area contributed by atoms with Crippen LogP contribution in [0.1, 0.15) is 37.6 Å². The number of ether oxygens (including phenoxy) is 1. The number of halogens is 1. The number of hydrogen-bond acceptors (Lipinski definition) is 3. The van der Waals surface area contributed by atoms with Gasteiger partial charge in [0, 0.05) is 25.1 Å². The number of carbonyl (C=O) groups is 1. The van der Waals surface area contributed by atoms with E-state index in [0.29, 0.717) is 12.1 Å². The molecule has 2 atom stereocenters. The van der Waals surface area contributed by atoms with Gasteiger partial charge in [-0.2, -0.15) is 0 Å². The van der Waals surface area contributed by atoms with E-state index < -0.39 is 5.82 Å². The molecule has 1 fully saturated rings. The van der Waals surface area contributed by atoms with E-state index in [1.54, 1.807) is 19.2 Å². The molecule has 0 saturated heterocycles. The highest BCUT2D eigenvalue weighted by atomic mass is 19.1. The maximum absolute atomic E-state index is 13.8. The summed E-state index contributed by atoms with van der Waals surface area (Å²) < 4.78 is 19.2. The van der Waals surface area contributed by atoms with Crippen molar-refractivity contribution in [2.75, 3.05) is 19.0 Å². The predicted octanol–water partition coefficient (Wildman–Crippen LogP) is 2.80. The first-order chi connectivity index (χ1) is 9.91. The molecule has 1 saturated carbocycles. The molecule has 0 spiro atoms. The molecule has 116 valence electrons. The number of nitrogens with one attached hydrogen (secondary N) is 2. The Bertz CT molecular complexity index is 531. The number of para-hydroxylation sites is 1. The van der Waals surface area contributed by atoms with E-state index in [2.05, 4.69) is 24.5 Å². The lowest BCUT2D eigenvalue weighted by Crippen LogP contribution is -2.61. The second-order valence-electron chi connectivity index (χ2n) is 6.00. The molecule has 2 rings (SSSR count). The quantitative estimate of drug-likeness (QED) is 0.878. The fourth-order valence-electron chi connectivity index (χ4n) is 2.84. The third kappa shape index (κ3) is 2.88. The van der Waals surface area contributed by atoms with Gasteiger partial charge >= 0.3 is 0 Å². The van der Waals surface area contributed by atoms with Gasteiger partial charge in [-0.1, -0.05) is 19.9 Å². The molecule has 4 nitrogen and oxygen atoms in total. The summed E-state index contributed by atoms with van der Waals surface area (Å²) in [5.41, 5.74) is 0.488. The van der Waals surface area contributed by atoms with Crippen molar-refractivity contribution in [2.24, 2.45) is 5.41 Å². The topological polar surface area (TPSA) is 50.4 Å². The van der Waals surface area contributed by atoms with Crippen molar-refractivity contribution in [3.05, 3.63) is 29.6 Å². The zero-order valence-electron chi connectivity index (χ0n) is 13.0. The second-order valence-corrected chi connectivity index (χ2v) is 6.00. The van der Waals surface area contributed by atoms with Crippen LogP contribution in [0.15, 0.2) is 18.2 Å². The number of carbonyl (C=O) groups excluding carboxylic acids is 1. The van der Waals surface area contributed by atoms with Gasteiger partial charge in [0.1, 0.15) is 5.82 Å². The number of methoxy groups -OCH3 is 1. The van der Waals surface area contributed by atoms with Crippen LogP contribution in [0, 0.1) is 11.2 Å². The zero-order chi connectivity index (χ0) is 15.6. The van der Waals surface area contributed by atoms with Gasteiger partial charge in [-0.05, 0) is 25.5 Å². The maximum atomic E-state index is 13.8. The Morgan fingerprint density at radius 3 is 2.76 bits per heavy atom. The molecule has 0 aliphatic heterocycles. The van der Waals surface area contributed by atoms with Gasteiger partial charge < -0.3 is 15.4 Å². The minimum atomic E-state index is -0.410. The molecule has 1 aliphatic rings. The highest BCUT2D eigenvalue weighted by Gasteiger charge is 2.49. The van der Waals surface area contributed by atoms with Crippen molar-refractivity contribution in [1.82, 2.24) is 5.32 Å². The Morgan fingerprint density at radius 2 is 2.19 bits per heavy atom. The molecule has 2 unspecified atom stereocenters. The van der Waals surface area contributed by atoms with Crippen LogP contribution in [0.25, 0.3) is 0 Å². The Kier molecular flexibility index (Phi) is 4.52. The van der Waals surface area contributed by atoms with Gasteiger partial charge in [-0.3, -0.25) is 4.79 Å². The monoisotopic (exact) mass is 294 g/mol. The fourth-order valence-corrected chi connectivity index (χ4v) is 2.84. The van der Waals surface area contributed by atoms with Gasteiger partial charge in [0.15, 0.2) is 0 Å². The molecule has 5 heteroatoms. The van der Waals surface area contributed by atoms with E-state index >= 15 is 0 Å². The highest BCUT2D eigenvalue weighted by Crippen LogP contribution is 2.42. The molecular weight excluding hydrogens is 271 g/mol. The lowest BCUT2D eigenvalue weighted by atomic mass is 9.64. The predicted molar refractivity (Wildman–Crippen MR) is 81.0 cm³/mol. The molecule has 1 aromatic rings. The first-order valence-electron chi connectivity index (χ1n) is 7.27. The van der Waals surface area contributed by atoms with E-state index in [1.807, 2.05) is 6.92 Å². The van der Waals surface area contributed by atoms with Gasteiger partial charge in [0.25, 0.3) is 5.91 Å². The molecule has 0 heterocycles. The van der Waals surface area contributed by atoms with E-state index in [0.717, 1.165) is 6.42 Å². The number of benzene rings is 1. The lowest BCUT2D eigenvalue weighted by Gasteiger charge is -2.51. The fraction of sp³-hybridized carbons (Fsp3) is 0.562. The van der Waals surface area contributed by atoms with Crippen molar-refractivity contribution >= 4 is 11.6 Å². The van der Waals surface area contributed by atoms with Gasteiger partial charge in [0.2, 0.25) is 0 Å². The van der Waals surface area contributed by atoms with Gasteiger partial charge in [-0.15, -0.1) is 0 Å². The van der Waals surface area contributed by atoms with Crippen LogP contribution in [-0.4, -0.2) is 31.7 Å². The maximum Gasteiger partial charge on any atom is 0.253 e. The Hall–Kier alpha value is -1.62. The van der Waals surface area contributed by atoms with Crippen molar-refractivity contribution in [2.45, 2.75) is 39.3 Å². The largest absolute Gasteiger partial charge is 0.382 e. The van der Waals surface area contributed by atoms with Crippen LogP contribution in [0.5, 0.6) is 0 Å². The summed E-state index contributed by atoms with van der Waals surface area (Å²) in [6.07, 6.45) is 0.921. The Labute approximate surface area is 125 Å². The molecule has 1 aromatic carbocycles. The van der Waals surface area contributed by atoms with Crippen LogP contribution < -0.4 is 10.6 Å². The SMILES string of the molecule is CCNc1c(F)cccc1C(=O)NC1CC(OC)C1(C)C. The van der Waals surface area contributed by atoms with Crippen LogP contribution in [-0.2, 0) is 4.74 Å². The molecule has 0 radical (unpaired) electrons. The third-order valence-electron chi connectivity index (χ3n) is 4.38. The highest BCUT2D eigenvalue weighted by molar-refractivity contribution is 6.00. The summed E-state index contributed by atoms with van der Waals surface area (Å²) in [5, 5.41) is 5.90. The summed E-state index contributed by atoms with van der Waals surface area (Å²) in [5.74, 6) is -0.662. The van der Waals surface area contributed by atoms with Crippen LogP contribution >= 0.6 is 0 Å².